The van der Waals surface area contributed by atoms with E-state index >= 15 is 0 Å². The van der Waals surface area contributed by atoms with Gasteiger partial charge in [0.1, 0.15) is 5.75 Å². The van der Waals surface area contributed by atoms with E-state index in [1.807, 2.05) is 19.9 Å². The van der Waals surface area contributed by atoms with Crippen LogP contribution in [0.25, 0.3) is 0 Å². The SMILES string of the molecule is CCN(C)C(=O)COc1ccc(C)nc1CN. The van der Waals surface area contributed by atoms with Gasteiger partial charge in [0.2, 0.25) is 0 Å². The number of hydrogen-bond donors (Lipinski definition) is 1. The number of likely N-dealkylation sites (N-methyl/N-ethyl adjacent to an activating group) is 1. The number of nitrogens with zero attached hydrogens (tertiary/aromatic N) is 2. The molecule has 2 N–H and O–H groups in total. The van der Waals surface area contributed by atoms with E-state index in [2.05, 4.69) is 4.98 Å². The summed E-state index contributed by atoms with van der Waals surface area (Å²) < 4.78 is 5.43. The highest BCUT2D eigenvalue weighted by atomic mass is 16.5. The summed E-state index contributed by atoms with van der Waals surface area (Å²) in [6.07, 6.45) is 0. The first-order chi connectivity index (χ1) is 8.08. The van der Waals surface area contributed by atoms with Crippen molar-refractivity contribution in [3.8, 4) is 5.75 Å². The van der Waals surface area contributed by atoms with Crippen molar-refractivity contribution in [2.24, 2.45) is 5.73 Å². The summed E-state index contributed by atoms with van der Waals surface area (Å²) in [5.41, 5.74) is 7.14. The first-order valence-corrected chi connectivity index (χ1v) is 5.61. The van der Waals surface area contributed by atoms with Crippen molar-refractivity contribution < 1.29 is 9.53 Å². The van der Waals surface area contributed by atoms with E-state index in [0.717, 1.165) is 5.69 Å². The Hall–Kier alpha value is -1.62. The molecule has 5 nitrogen and oxygen atoms in total. The fourth-order valence-electron chi connectivity index (χ4n) is 1.30. The van der Waals surface area contributed by atoms with Crippen molar-refractivity contribution in [2.45, 2.75) is 20.4 Å². The minimum Gasteiger partial charge on any atom is -0.482 e. The van der Waals surface area contributed by atoms with Crippen molar-refractivity contribution in [2.75, 3.05) is 20.2 Å². The maximum atomic E-state index is 11.6. The van der Waals surface area contributed by atoms with E-state index in [-0.39, 0.29) is 12.5 Å². The number of pyridine rings is 1. The summed E-state index contributed by atoms with van der Waals surface area (Å²) >= 11 is 0. The third-order valence-electron chi connectivity index (χ3n) is 2.52. The molecule has 0 unspecified atom stereocenters. The minimum absolute atomic E-state index is 0.0160. The zero-order valence-electron chi connectivity index (χ0n) is 10.6. The van der Waals surface area contributed by atoms with Gasteiger partial charge in [-0.15, -0.1) is 0 Å². The van der Waals surface area contributed by atoms with Gasteiger partial charge in [0.05, 0.1) is 5.69 Å². The second-order valence-corrected chi connectivity index (χ2v) is 3.80. The van der Waals surface area contributed by atoms with E-state index in [1.54, 1.807) is 18.0 Å². The molecule has 0 spiro atoms. The molecular formula is C12H19N3O2. The largest absolute Gasteiger partial charge is 0.482 e. The molecule has 0 fully saturated rings. The molecule has 0 aliphatic heterocycles. The molecule has 0 atom stereocenters. The predicted molar refractivity (Wildman–Crippen MR) is 65.7 cm³/mol. The number of hydrogen-bond acceptors (Lipinski definition) is 4. The molecule has 0 bridgehead atoms. The van der Waals surface area contributed by atoms with Crippen molar-refractivity contribution >= 4 is 5.91 Å². The van der Waals surface area contributed by atoms with Crippen LogP contribution in [-0.2, 0) is 11.3 Å². The predicted octanol–water partition coefficient (Wildman–Crippen LogP) is 0.706. The Morgan fingerprint density at radius 2 is 2.24 bits per heavy atom. The molecule has 1 heterocycles. The normalized spacial score (nSPS) is 10.1. The van der Waals surface area contributed by atoms with Crippen LogP contribution in [0.4, 0.5) is 0 Å². The number of nitrogens with two attached hydrogens (primary N) is 1. The highest BCUT2D eigenvalue weighted by molar-refractivity contribution is 5.77. The first-order valence-electron chi connectivity index (χ1n) is 5.61. The van der Waals surface area contributed by atoms with Crippen molar-refractivity contribution in [3.63, 3.8) is 0 Å². The molecule has 0 saturated carbocycles. The monoisotopic (exact) mass is 237 g/mol. The van der Waals surface area contributed by atoms with Gasteiger partial charge in [-0.2, -0.15) is 0 Å². The van der Waals surface area contributed by atoms with Crippen molar-refractivity contribution in [1.29, 1.82) is 0 Å². The average Bonchev–Trinajstić information content (AvgIpc) is 2.35. The first kappa shape index (κ1) is 13.4. The summed E-state index contributed by atoms with van der Waals surface area (Å²) in [6.45, 7) is 4.78. The topological polar surface area (TPSA) is 68.5 Å². The number of aromatic nitrogens is 1. The Morgan fingerprint density at radius 3 is 2.82 bits per heavy atom. The lowest BCUT2D eigenvalue weighted by molar-refractivity contribution is -0.131. The summed E-state index contributed by atoms with van der Waals surface area (Å²) in [5.74, 6) is 0.520. The third kappa shape index (κ3) is 3.71. The lowest BCUT2D eigenvalue weighted by Crippen LogP contribution is -2.31. The number of ether oxygens (including phenoxy) is 1. The highest BCUT2D eigenvalue weighted by Gasteiger charge is 2.10. The van der Waals surface area contributed by atoms with Crippen molar-refractivity contribution in [1.82, 2.24) is 9.88 Å². The molecule has 0 aliphatic carbocycles. The van der Waals surface area contributed by atoms with Crippen LogP contribution < -0.4 is 10.5 Å². The van der Waals surface area contributed by atoms with Crippen LogP contribution in [0.5, 0.6) is 5.75 Å². The van der Waals surface area contributed by atoms with Crippen LogP contribution in [0.2, 0.25) is 0 Å². The van der Waals surface area contributed by atoms with Gasteiger partial charge in [-0.05, 0) is 26.0 Å². The molecule has 1 amide bonds. The Morgan fingerprint density at radius 1 is 1.53 bits per heavy atom. The Labute approximate surface area is 102 Å². The van der Waals surface area contributed by atoms with Gasteiger partial charge in [0.15, 0.2) is 6.61 Å². The Kier molecular flexibility index (Phi) is 4.90. The number of carbonyl (C=O) groups excluding carboxylic acids is 1. The lowest BCUT2D eigenvalue weighted by atomic mass is 10.3. The zero-order valence-corrected chi connectivity index (χ0v) is 10.6. The van der Waals surface area contributed by atoms with E-state index in [1.165, 1.54) is 0 Å². The lowest BCUT2D eigenvalue weighted by Gasteiger charge is -2.15. The number of amides is 1. The van der Waals surface area contributed by atoms with Crippen LogP contribution in [-0.4, -0.2) is 36.0 Å². The van der Waals surface area contributed by atoms with Crippen LogP contribution >= 0.6 is 0 Å². The van der Waals surface area contributed by atoms with Gasteiger partial charge >= 0.3 is 0 Å². The average molecular weight is 237 g/mol. The highest BCUT2D eigenvalue weighted by Crippen LogP contribution is 2.16. The fourth-order valence-corrected chi connectivity index (χ4v) is 1.30. The summed E-state index contributed by atoms with van der Waals surface area (Å²) in [7, 11) is 1.74. The second-order valence-electron chi connectivity index (χ2n) is 3.80. The van der Waals surface area contributed by atoms with E-state index in [4.69, 9.17) is 10.5 Å². The molecule has 0 aliphatic rings. The quantitative estimate of drug-likeness (QED) is 0.818. The molecule has 5 heteroatoms. The molecule has 17 heavy (non-hydrogen) atoms. The minimum atomic E-state index is -0.0592. The van der Waals surface area contributed by atoms with Gasteiger partial charge in [0, 0.05) is 25.8 Å². The molecule has 0 radical (unpaired) electrons. The second kappa shape index (κ2) is 6.20. The third-order valence-corrected chi connectivity index (χ3v) is 2.52. The van der Waals surface area contributed by atoms with Crippen molar-refractivity contribution in [3.05, 3.63) is 23.5 Å². The smallest absolute Gasteiger partial charge is 0.260 e. The van der Waals surface area contributed by atoms with Gasteiger partial charge in [0.25, 0.3) is 5.91 Å². The summed E-state index contributed by atoms with van der Waals surface area (Å²) in [6, 6.07) is 3.63. The Bertz CT molecular complexity index is 393. The number of aryl methyl sites for hydroxylation is 1. The molecular weight excluding hydrogens is 218 g/mol. The maximum absolute atomic E-state index is 11.6. The van der Waals surface area contributed by atoms with Crippen LogP contribution in [0, 0.1) is 6.92 Å². The van der Waals surface area contributed by atoms with Gasteiger partial charge in [-0.25, -0.2) is 0 Å². The summed E-state index contributed by atoms with van der Waals surface area (Å²) in [4.78, 5) is 17.4. The molecule has 0 saturated heterocycles. The van der Waals surface area contributed by atoms with Crippen LogP contribution in [0.3, 0.4) is 0 Å². The van der Waals surface area contributed by atoms with Gasteiger partial charge in [-0.3, -0.25) is 9.78 Å². The van der Waals surface area contributed by atoms with E-state index in [9.17, 15) is 4.79 Å². The van der Waals surface area contributed by atoms with E-state index < -0.39 is 0 Å². The van der Waals surface area contributed by atoms with E-state index in [0.29, 0.717) is 24.5 Å². The molecule has 1 aromatic rings. The molecule has 94 valence electrons. The number of rotatable bonds is 5. The maximum Gasteiger partial charge on any atom is 0.260 e. The van der Waals surface area contributed by atoms with Crippen LogP contribution in [0.1, 0.15) is 18.3 Å². The Balaban J connectivity index is 2.66. The van der Waals surface area contributed by atoms with Crippen LogP contribution in [0.15, 0.2) is 12.1 Å². The standard InChI is InChI=1S/C12H19N3O2/c1-4-15(3)12(16)8-17-11-6-5-9(2)14-10(11)7-13/h5-6H,4,7-8,13H2,1-3H3. The zero-order chi connectivity index (χ0) is 12.8. The molecule has 1 aromatic heterocycles. The molecule has 1 rings (SSSR count). The van der Waals surface area contributed by atoms with Gasteiger partial charge < -0.3 is 15.4 Å². The number of carbonyl (C=O) groups is 1. The fraction of sp³-hybridized carbons (Fsp3) is 0.500. The van der Waals surface area contributed by atoms with Gasteiger partial charge in [-0.1, -0.05) is 0 Å². The summed E-state index contributed by atoms with van der Waals surface area (Å²) in [5, 5.41) is 0. The molecule has 0 aromatic carbocycles.